The van der Waals surface area contributed by atoms with E-state index in [4.69, 9.17) is 5.11 Å². The fraction of sp³-hybridized carbons (Fsp3) is 0.545. The number of nitrogens with one attached hydrogen (secondary N) is 2. The first-order valence-corrected chi connectivity index (χ1v) is 5.72. The van der Waals surface area contributed by atoms with Gasteiger partial charge in [-0.3, -0.25) is 9.48 Å². The molecule has 1 rings (SSSR count). The van der Waals surface area contributed by atoms with Crippen molar-refractivity contribution in [1.82, 2.24) is 15.1 Å². The lowest BCUT2D eigenvalue weighted by molar-refractivity contribution is -0.137. The molecule has 7 nitrogen and oxygen atoms in total. The summed E-state index contributed by atoms with van der Waals surface area (Å²) in [7, 11) is 1.76. The largest absolute Gasteiger partial charge is 0.481 e. The van der Waals surface area contributed by atoms with E-state index in [-0.39, 0.29) is 18.4 Å². The SMILES string of the molecule is CC(CCC(=O)O)CNC(=O)Nc1cnn(C)c1. The minimum absolute atomic E-state index is 0.118. The average Bonchev–Trinajstić information content (AvgIpc) is 2.69. The van der Waals surface area contributed by atoms with Crippen LogP contribution in [-0.2, 0) is 11.8 Å². The van der Waals surface area contributed by atoms with E-state index in [1.165, 1.54) is 0 Å². The number of carboxylic acids is 1. The zero-order valence-corrected chi connectivity index (χ0v) is 10.5. The molecule has 7 heteroatoms. The van der Waals surface area contributed by atoms with Gasteiger partial charge in [-0.25, -0.2) is 4.79 Å². The summed E-state index contributed by atoms with van der Waals surface area (Å²) in [6.07, 6.45) is 3.90. The maximum Gasteiger partial charge on any atom is 0.319 e. The van der Waals surface area contributed by atoms with E-state index >= 15 is 0 Å². The van der Waals surface area contributed by atoms with Gasteiger partial charge in [-0.15, -0.1) is 0 Å². The first-order chi connectivity index (χ1) is 8.47. The molecule has 1 aromatic rings. The molecule has 0 fully saturated rings. The molecule has 0 radical (unpaired) electrons. The van der Waals surface area contributed by atoms with E-state index < -0.39 is 5.97 Å². The van der Waals surface area contributed by atoms with Crippen molar-refractivity contribution in [3.63, 3.8) is 0 Å². The van der Waals surface area contributed by atoms with E-state index in [0.29, 0.717) is 18.7 Å². The number of nitrogens with zero attached hydrogens (tertiary/aromatic N) is 2. The molecule has 0 aromatic carbocycles. The van der Waals surface area contributed by atoms with Crippen LogP contribution in [-0.4, -0.2) is 33.4 Å². The second kappa shape index (κ2) is 6.63. The lowest BCUT2D eigenvalue weighted by Crippen LogP contribution is -2.32. The Morgan fingerprint density at radius 2 is 2.28 bits per heavy atom. The number of carbonyl (C=O) groups excluding carboxylic acids is 1. The molecule has 18 heavy (non-hydrogen) atoms. The average molecular weight is 254 g/mol. The molecule has 0 aliphatic rings. The number of carbonyl (C=O) groups is 2. The molecule has 2 amide bonds. The number of hydrogen-bond donors (Lipinski definition) is 3. The van der Waals surface area contributed by atoms with Crippen LogP contribution in [0.1, 0.15) is 19.8 Å². The van der Waals surface area contributed by atoms with Gasteiger partial charge in [0, 0.05) is 26.2 Å². The van der Waals surface area contributed by atoms with Crippen molar-refractivity contribution in [2.24, 2.45) is 13.0 Å². The van der Waals surface area contributed by atoms with Crippen LogP contribution < -0.4 is 10.6 Å². The van der Waals surface area contributed by atoms with Crippen molar-refractivity contribution in [3.05, 3.63) is 12.4 Å². The van der Waals surface area contributed by atoms with Crippen LogP contribution >= 0.6 is 0 Å². The molecule has 0 bridgehead atoms. The number of amides is 2. The van der Waals surface area contributed by atoms with Gasteiger partial charge in [-0.05, 0) is 12.3 Å². The van der Waals surface area contributed by atoms with Crippen molar-refractivity contribution >= 4 is 17.7 Å². The van der Waals surface area contributed by atoms with Crippen LogP contribution in [0.25, 0.3) is 0 Å². The maximum atomic E-state index is 11.5. The van der Waals surface area contributed by atoms with Crippen LogP contribution in [0.2, 0.25) is 0 Å². The van der Waals surface area contributed by atoms with Crippen LogP contribution in [0.3, 0.4) is 0 Å². The Morgan fingerprint density at radius 3 is 2.83 bits per heavy atom. The summed E-state index contributed by atoms with van der Waals surface area (Å²) in [4.78, 5) is 21.9. The Hall–Kier alpha value is -2.05. The van der Waals surface area contributed by atoms with Gasteiger partial charge in [-0.2, -0.15) is 5.10 Å². The molecule has 0 spiro atoms. The molecule has 1 unspecified atom stereocenters. The summed E-state index contributed by atoms with van der Waals surface area (Å²) in [6, 6.07) is -0.315. The van der Waals surface area contributed by atoms with Gasteiger partial charge in [0.05, 0.1) is 11.9 Å². The summed E-state index contributed by atoms with van der Waals surface area (Å²) >= 11 is 0. The third-order valence-electron chi connectivity index (χ3n) is 2.42. The normalized spacial score (nSPS) is 11.9. The van der Waals surface area contributed by atoms with Crippen molar-refractivity contribution in [2.75, 3.05) is 11.9 Å². The molecule has 0 aliphatic heterocycles. The van der Waals surface area contributed by atoms with Gasteiger partial charge in [-0.1, -0.05) is 6.92 Å². The van der Waals surface area contributed by atoms with Crippen molar-refractivity contribution in [3.8, 4) is 0 Å². The van der Waals surface area contributed by atoms with Gasteiger partial charge in [0.15, 0.2) is 0 Å². The molecule has 0 saturated carbocycles. The fourth-order valence-corrected chi connectivity index (χ4v) is 1.40. The van der Waals surface area contributed by atoms with Gasteiger partial charge in [0.2, 0.25) is 0 Å². The quantitative estimate of drug-likeness (QED) is 0.706. The Bertz CT molecular complexity index is 416. The third kappa shape index (κ3) is 5.33. The smallest absolute Gasteiger partial charge is 0.319 e. The van der Waals surface area contributed by atoms with Crippen molar-refractivity contribution in [2.45, 2.75) is 19.8 Å². The summed E-state index contributed by atoms with van der Waals surface area (Å²) in [5.74, 6) is -0.692. The molecule has 100 valence electrons. The fourth-order valence-electron chi connectivity index (χ4n) is 1.40. The molecular weight excluding hydrogens is 236 g/mol. The van der Waals surface area contributed by atoms with Crippen molar-refractivity contribution < 1.29 is 14.7 Å². The number of hydrogen-bond acceptors (Lipinski definition) is 3. The number of aryl methyl sites for hydroxylation is 1. The molecule has 1 heterocycles. The van der Waals surface area contributed by atoms with Crippen LogP contribution in [0.15, 0.2) is 12.4 Å². The third-order valence-corrected chi connectivity index (χ3v) is 2.42. The lowest BCUT2D eigenvalue weighted by Gasteiger charge is -2.11. The predicted octanol–water partition coefficient (Wildman–Crippen LogP) is 1.04. The Labute approximate surface area is 105 Å². The Balaban J connectivity index is 2.22. The van der Waals surface area contributed by atoms with E-state index in [0.717, 1.165) is 0 Å². The highest BCUT2D eigenvalue weighted by atomic mass is 16.4. The van der Waals surface area contributed by atoms with Gasteiger partial charge >= 0.3 is 12.0 Å². The van der Waals surface area contributed by atoms with Crippen LogP contribution in [0.4, 0.5) is 10.5 Å². The van der Waals surface area contributed by atoms with E-state index in [9.17, 15) is 9.59 Å². The summed E-state index contributed by atoms with van der Waals surface area (Å²) in [5, 5.41) is 17.8. The van der Waals surface area contributed by atoms with Gasteiger partial charge in [0.1, 0.15) is 0 Å². The highest BCUT2D eigenvalue weighted by Crippen LogP contribution is 2.05. The summed E-state index contributed by atoms with van der Waals surface area (Å²) < 4.78 is 1.59. The van der Waals surface area contributed by atoms with Crippen LogP contribution in [0, 0.1) is 5.92 Å². The Kier molecular flexibility index (Phi) is 5.16. The number of aromatic nitrogens is 2. The van der Waals surface area contributed by atoms with Gasteiger partial charge < -0.3 is 15.7 Å². The molecule has 1 aromatic heterocycles. The van der Waals surface area contributed by atoms with E-state index in [1.807, 2.05) is 6.92 Å². The van der Waals surface area contributed by atoms with Gasteiger partial charge in [0.25, 0.3) is 0 Å². The highest BCUT2D eigenvalue weighted by molar-refractivity contribution is 5.88. The zero-order chi connectivity index (χ0) is 13.5. The second-order valence-corrected chi connectivity index (χ2v) is 4.28. The predicted molar refractivity (Wildman–Crippen MR) is 66.3 cm³/mol. The minimum Gasteiger partial charge on any atom is -0.481 e. The molecule has 0 aliphatic carbocycles. The number of carboxylic acid groups (broad SMARTS) is 1. The number of aliphatic carboxylic acids is 1. The zero-order valence-electron chi connectivity index (χ0n) is 10.5. The standard InChI is InChI=1S/C11H18N4O3/c1-8(3-4-10(16)17)5-12-11(18)14-9-6-13-15(2)7-9/h6-8H,3-5H2,1-2H3,(H,16,17)(H2,12,14,18). The van der Waals surface area contributed by atoms with E-state index in [1.54, 1.807) is 24.1 Å². The molecule has 0 saturated heterocycles. The number of urea groups is 1. The minimum atomic E-state index is -0.818. The first kappa shape index (κ1) is 14.0. The first-order valence-electron chi connectivity index (χ1n) is 5.72. The second-order valence-electron chi connectivity index (χ2n) is 4.28. The number of rotatable bonds is 6. The molecule has 3 N–H and O–H groups in total. The van der Waals surface area contributed by atoms with Crippen molar-refractivity contribution in [1.29, 1.82) is 0 Å². The highest BCUT2D eigenvalue weighted by Gasteiger charge is 2.08. The number of anilines is 1. The Morgan fingerprint density at radius 1 is 1.56 bits per heavy atom. The monoisotopic (exact) mass is 254 g/mol. The summed E-state index contributed by atoms with van der Waals surface area (Å²) in [5.41, 5.74) is 0.619. The molecular formula is C11H18N4O3. The topological polar surface area (TPSA) is 96.2 Å². The molecule has 1 atom stereocenters. The lowest BCUT2D eigenvalue weighted by atomic mass is 10.1. The maximum absolute atomic E-state index is 11.5. The van der Waals surface area contributed by atoms with E-state index in [2.05, 4.69) is 15.7 Å². The van der Waals surface area contributed by atoms with Crippen LogP contribution in [0.5, 0.6) is 0 Å². The summed E-state index contributed by atoms with van der Waals surface area (Å²) in [6.45, 7) is 2.34.